The molecule has 3 heterocycles. The van der Waals surface area contributed by atoms with E-state index in [-0.39, 0.29) is 29.2 Å². The van der Waals surface area contributed by atoms with Crippen molar-refractivity contribution < 1.29 is 9.13 Å². The van der Waals surface area contributed by atoms with Crippen LogP contribution >= 0.6 is 23.9 Å². The number of halogens is 2. The lowest BCUT2D eigenvalue weighted by Gasteiger charge is -2.26. The lowest BCUT2D eigenvalue weighted by atomic mass is 10.0. The van der Waals surface area contributed by atoms with Crippen LogP contribution in [-0.4, -0.2) is 41.7 Å². The Kier molecular flexibility index (Phi) is 6.26. The zero-order valence-electron chi connectivity index (χ0n) is 18.4. The van der Waals surface area contributed by atoms with Gasteiger partial charge in [0.15, 0.2) is 11.6 Å². The number of benzene rings is 1. The van der Waals surface area contributed by atoms with Crippen LogP contribution in [0, 0.1) is 11.7 Å². The van der Waals surface area contributed by atoms with Crippen molar-refractivity contribution in [3.05, 3.63) is 32.5 Å². The number of rotatable bonds is 6. The third kappa shape index (κ3) is 3.50. The molecule has 0 spiro atoms. The van der Waals surface area contributed by atoms with Crippen LogP contribution in [0.15, 0.2) is 15.7 Å². The number of methoxy groups -OCH3 is 1. The highest BCUT2D eigenvalue weighted by Gasteiger charge is 2.35. The van der Waals surface area contributed by atoms with Gasteiger partial charge in [-0.25, -0.2) is 4.39 Å². The van der Waals surface area contributed by atoms with E-state index in [1.54, 1.807) is 0 Å². The SMILES string of the molecule is CCN[C@@H](C)[C@@H]1CCN(c2c(F)cc3c(=O)c4c(=O)[nH]sc4n(C4CC4)c3c2OC)C1.Cl. The van der Waals surface area contributed by atoms with Crippen molar-refractivity contribution in [1.29, 1.82) is 0 Å². The Labute approximate surface area is 195 Å². The minimum Gasteiger partial charge on any atom is -0.492 e. The Morgan fingerprint density at radius 2 is 2.09 bits per heavy atom. The first-order chi connectivity index (χ1) is 15.0. The molecule has 1 aliphatic carbocycles. The van der Waals surface area contributed by atoms with Crippen molar-refractivity contribution >= 4 is 50.7 Å². The Morgan fingerprint density at radius 1 is 1.34 bits per heavy atom. The molecule has 2 atom stereocenters. The first-order valence-corrected chi connectivity index (χ1v) is 11.7. The van der Waals surface area contributed by atoms with Gasteiger partial charge < -0.3 is 19.5 Å². The summed E-state index contributed by atoms with van der Waals surface area (Å²) in [5.74, 6) is 0.313. The fourth-order valence-electron chi connectivity index (χ4n) is 4.97. The molecule has 0 amide bonds. The quantitative estimate of drug-likeness (QED) is 0.561. The molecule has 0 bridgehead atoms. The monoisotopic (exact) mass is 482 g/mol. The largest absolute Gasteiger partial charge is 0.492 e. The Balaban J connectivity index is 0.00000245. The van der Waals surface area contributed by atoms with Crippen molar-refractivity contribution in [2.24, 2.45) is 5.92 Å². The molecule has 1 saturated heterocycles. The van der Waals surface area contributed by atoms with Crippen LogP contribution in [0.3, 0.4) is 0 Å². The molecule has 1 aromatic carbocycles. The molecule has 1 saturated carbocycles. The minimum atomic E-state index is -0.480. The van der Waals surface area contributed by atoms with Gasteiger partial charge in [0, 0.05) is 25.2 Å². The summed E-state index contributed by atoms with van der Waals surface area (Å²) in [6.45, 7) is 6.60. The summed E-state index contributed by atoms with van der Waals surface area (Å²) < 4.78 is 26.0. The lowest BCUT2D eigenvalue weighted by Crippen LogP contribution is -2.35. The Hall–Kier alpha value is -2.10. The predicted octanol–water partition coefficient (Wildman–Crippen LogP) is 3.63. The van der Waals surface area contributed by atoms with E-state index in [0.29, 0.717) is 33.7 Å². The summed E-state index contributed by atoms with van der Waals surface area (Å²) in [6.07, 6.45) is 2.88. The predicted molar refractivity (Wildman–Crippen MR) is 130 cm³/mol. The summed E-state index contributed by atoms with van der Waals surface area (Å²) in [5, 5.41) is 3.78. The maximum absolute atomic E-state index is 15.5. The number of anilines is 1. The van der Waals surface area contributed by atoms with E-state index >= 15 is 4.39 Å². The van der Waals surface area contributed by atoms with Gasteiger partial charge in [-0.15, -0.1) is 12.4 Å². The van der Waals surface area contributed by atoms with Gasteiger partial charge in [0.2, 0.25) is 5.43 Å². The fraction of sp³-hybridized carbons (Fsp3) is 0.545. The smallest absolute Gasteiger partial charge is 0.271 e. The highest BCUT2D eigenvalue weighted by atomic mass is 35.5. The number of aromatic amines is 1. The van der Waals surface area contributed by atoms with Crippen molar-refractivity contribution in [1.82, 2.24) is 14.3 Å². The van der Waals surface area contributed by atoms with Crippen LogP contribution in [0.25, 0.3) is 21.1 Å². The highest BCUT2D eigenvalue weighted by molar-refractivity contribution is 7.12. The molecular formula is C22H28ClFN4O3S. The van der Waals surface area contributed by atoms with Crippen LogP contribution in [0.5, 0.6) is 5.75 Å². The average Bonchev–Trinajstić information content (AvgIpc) is 3.33. The van der Waals surface area contributed by atoms with Crippen LogP contribution in [0.1, 0.15) is 39.2 Å². The van der Waals surface area contributed by atoms with Crippen LogP contribution < -0.4 is 25.9 Å². The average molecular weight is 483 g/mol. The zero-order valence-corrected chi connectivity index (χ0v) is 20.0. The summed E-state index contributed by atoms with van der Waals surface area (Å²) >= 11 is 1.16. The molecule has 0 radical (unpaired) electrons. The molecular weight excluding hydrogens is 455 g/mol. The van der Waals surface area contributed by atoms with Gasteiger partial charge in [0.05, 0.1) is 18.0 Å². The molecule has 3 aromatic rings. The fourth-order valence-corrected chi connectivity index (χ4v) is 5.89. The van der Waals surface area contributed by atoms with E-state index in [4.69, 9.17) is 4.74 Å². The van der Waals surface area contributed by atoms with E-state index in [0.717, 1.165) is 50.4 Å². The van der Waals surface area contributed by atoms with Gasteiger partial charge in [-0.2, -0.15) is 0 Å². The van der Waals surface area contributed by atoms with Gasteiger partial charge in [-0.05, 0) is 56.2 Å². The normalized spacial score (nSPS) is 19.5. The molecule has 7 nitrogen and oxygen atoms in total. The van der Waals surface area contributed by atoms with Crippen LogP contribution in [0.2, 0.25) is 0 Å². The maximum Gasteiger partial charge on any atom is 0.271 e. The number of nitrogens with zero attached hydrogens (tertiary/aromatic N) is 2. The molecule has 2 fully saturated rings. The van der Waals surface area contributed by atoms with Crippen molar-refractivity contribution in [2.75, 3.05) is 31.6 Å². The zero-order chi connectivity index (χ0) is 21.9. The van der Waals surface area contributed by atoms with E-state index in [1.807, 2.05) is 9.47 Å². The van der Waals surface area contributed by atoms with Crippen molar-refractivity contribution in [3.8, 4) is 5.75 Å². The molecule has 32 heavy (non-hydrogen) atoms. The first kappa shape index (κ1) is 23.1. The summed E-state index contributed by atoms with van der Waals surface area (Å²) in [6, 6.07) is 1.82. The second-order valence-corrected chi connectivity index (χ2v) is 9.42. The molecule has 2 aromatic heterocycles. The summed E-state index contributed by atoms with van der Waals surface area (Å²) in [4.78, 5) is 28.1. The number of ether oxygens (including phenoxy) is 1. The topological polar surface area (TPSA) is 79.4 Å². The lowest BCUT2D eigenvalue weighted by molar-refractivity contribution is 0.406. The number of H-pyrrole nitrogens is 1. The third-order valence-corrected chi connectivity index (χ3v) is 7.57. The van der Waals surface area contributed by atoms with E-state index in [9.17, 15) is 9.59 Å². The first-order valence-electron chi connectivity index (χ1n) is 10.9. The Bertz CT molecular complexity index is 1280. The van der Waals surface area contributed by atoms with E-state index < -0.39 is 16.8 Å². The minimum absolute atomic E-state index is 0. The van der Waals surface area contributed by atoms with Gasteiger partial charge in [-0.3, -0.25) is 14.0 Å². The second kappa shape index (κ2) is 8.68. The Morgan fingerprint density at radius 3 is 2.75 bits per heavy atom. The van der Waals surface area contributed by atoms with Crippen molar-refractivity contribution in [3.63, 3.8) is 0 Å². The van der Waals surface area contributed by atoms with Gasteiger partial charge in [-0.1, -0.05) is 6.92 Å². The molecule has 10 heteroatoms. The molecule has 2 N–H and O–H groups in total. The summed E-state index contributed by atoms with van der Waals surface area (Å²) in [7, 11) is 1.53. The number of fused-ring (bicyclic) bond motifs is 2. The number of aromatic nitrogens is 2. The maximum atomic E-state index is 15.5. The number of hydrogen-bond donors (Lipinski definition) is 2. The van der Waals surface area contributed by atoms with Crippen molar-refractivity contribution in [2.45, 2.75) is 45.2 Å². The number of pyridine rings is 1. The second-order valence-electron chi connectivity index (χ2n) is 8.62. The van der Waals surface area contributed by atoms with Crippen LogP contribution in [0.4, 0.5) is 10.1 Å². The summed E-state index contributed by atoms with van der Waals surface area (Å²) in [5.41, 5.74) is 0.160. The van der Waals surface area contributed by atoms with E-state index in [1.165, 1.54) is 13.2 Å². The number of nitrogens with one attached hydrogen (secondary N) is 2. The van der Waals surface area contributed by atoms with Crippen LogP contribution in [-0.2, 0) is 0 Å². The standard InChI is InChI=1S/C22H27FN4O3S.ClH/c1-4-24-11(2)12-7-8-26(10-12)18-15(23)9-14-17(20(18)30-3)27(13-5-6-13)22-16(19(14)28)21(29)25-31-22;/h9,11-13,24H,4-8,10H2,1-3H3,(H,25,29);1H/t11-,12+;/m0./s1. The molecule has 2 aliphatic rings. The van der Waals surface area contributed by atoms with Gasteiger partial charge in [0.1, 0.15) is 15.9 Å². The molecule has 1 aliphatic heterocycles. The molecule has 174 valence electrons. The molecule has 5 rings (SSSR count). The van der Waals surface area contributed by atoms with E-state index in [2.05, 4.69) is 23.5 Å². The highest BCUT2D eigenvalue weighted by Crippen LogP contribution is 2.46. The number of hydrogen-bond acceptors (Lipinski definition) is 6. The van der Waals surface area contributed by atoms with Gasteiger partial charge in [0.25, 0.3) is 5.56 Å². The van der Waals surface area contributed by atoms with Gasteiger partial charge >= 0.3 is 0 Å². The third-order valence-electron chi connectivity index (χ3n) is 6.69. The molecule has 0 unspecified atom stereocenters.